The second kappa shape index (κ2) is 6.17. The van der Waals surface area contributed by atoms with Gasteiger partial charge in [-0.05, 0) is 31.0 Å². The van der Waals surface area contributed by atoms with Gasteiger partial charge in [-0.1, -0.05) is 19.1 Å². The van der Waals surface area contributed by atoms with Crippen LogP contribution in [0.5, 0.6) is 0 Å². The Kier molecular flexibility index (Phi) is 4.56. The van der Waals surface area contributed by atoms with Crippen LogP contribution in [0.15, 0.2) is 29.8 Å². The summed E-state index contributed by atoms with van der Waals surface area (Å²) in [5.41, 5.74) is 5.13. The molecule has 0 saturated heterocycles. The smallest absolute Gasteiger partial charge is 0.0798 e. The van der Waals surface area contributed by atoms with Crippen LogP contribution in [-0.4, -0.2) is 17.1 Å². The van der Waals surface area contributed by atoms with Crippen LogP contribution in [0.2, 0.25) is 0 Å². The number of aromatic nitrogens is 1. The van der Waals surface area contributed by atoms with Crippen molar-refractivity contribution in [1.82, 2.24) is 4.98 Å². The minimum atomic E-state index is -0.358. The Labute approximate surface area is 118 Å². The van der Waals surface area contributed by atoms with Gasteiger partial charge in [-0.2, -0.15) is 0 Å². The summed E-state index contributed by atoms with van der Waals surface area (Å²) in [6.45, 7) is 4.89. The van der Waals surface area contributed by atoms with Crippen LogP contribution in [0.25, 0.3) is 0 Å². The van der Waals surface area contributed by atoms with Crippen molar-refractivity contribution in [2.24, 2.45) is 0 Å². The van der Waals surface area contributed by atoms with Crippen LogP contribution < -0.4 is 4.90 Å². The Morgan fingerprint density at radius 2 is 2.00 bits per heavy atom. The van der Waals surface area contributed by atoms with Gasteiger partial charge in [-0.25, -0.2) is 4.98 Å². The molecule has 0 aliphatic carbocycles. The summed E-state index contributed by atoms with van der Waals surface area (Å²) in [6.07, 6.45) is 0.387. The average molecular weight is 276 g/mol. The van der Waals surface area contributed by atoms with E-state index in [9.17, 15) is 5.11 Å². The molecule has 1 aromatic heterocycles. The highest BCUT2D eigenvalue weighted by atomic mass is 32.1. The number of hydrogen-bond donors (Lipinski definition) is 1. The van der Waals surface area contributed by atoms with Gasteiger partial charge in [0.1, 0.15) is 0 Å². The van der Waals surface area contributed by atoms with Gasteiger partial charge in [0.15, 0.2) is 0 Å². The Hall–Kier alpha value is -1.39. The maximum atomic E-state index is 9.78. The van der Waals surface area contributed by atoms with Crippen LogP contribution in [0.1, 0.15) is 35.6 Å². The lowest BCUT2D eigenvalue weighted by molar-refractivity contribution is 0.173. The first-order valence-electron chi connectivity index (χ1n) is 6.50. The topological polar surface area (TPSA) is 36.4 Å². The van der Waals surface area contributed by atoms with Gasteiger partial charge in [0.25, 0.3) is 0 Å². The third kappa shape index (κ3) is 3.33. The van der Waals surface area contributed by atoms with Crippen molar-refractivity contribution in [1.29, 1.82) is 0 Å². The molecule has 1 N–H and O–H groups in total. The fourth-order valence-electron chi connectivity index (χ4n) is 1.97. The van der Waals surface area contributed by atoms with Crippen molar-refractivity contribution in [3.63, 3.8) is 0 Å². The number of nitrogens with zero attached hydrogens (tertiary/aromatic N) is 2. The number of benzene rings is 1. The van der Waals surface area contributed by atoms with Crippen LogP contribution in [0, 0.1) is 6.92 Å². The van der Waals surface area contributed by atoms with E-state index in [4.69, 9.17) is 0 Å². The van der Waals surface area contributed by atoms with Gasteiger partial charge in [0.2, 0.25) is 0 Å². The van der Waals surface area contributed by atoms with Crippen molar-refractivity contribution >= 4 is 17.0 Å². The molecule has 4 heteroatoms. The lowest BCUT2D eigenvalue weighted by Gasteiger charge is -2.19. The monoisotopic (exact) mass is 276 g/mol. The molecule has 1 unspecified atom stereocenters. The largest absolute Gasteiger partial charge is 0.388 e. The maximum Gasteiger partial charge on any atom is 0.0798 e. The van der Waals surface area contributed by atoms with E-state index in [1.165, 1.54) is 4.88 Å². The third-order valence-electron chi connectivity index (χ3n) is 3.33. The van der Waals surface area contributed by atoms with Crippen molar-refractivity contribution < 1.29 is 5.11 Å². The second-order valence-electron chi connectivity index (χ2n) is 4.73. The molecule has 2 rings (SSSR count). The first-order valence-corrected chi connectivity index (χ1v) is 7.38. The molecular formula is C15H20N2OS. The first-order chi connectivity index (χ1) is 9.11. The lowest BCUT2D eigenvalue weighted by atomic mass is 10.1. The number of anilines is 1. The molecule has 0 bridgehead atoms. The Morgan fingerprint density at radius 3 is 2.53 bits per heavy atom. The van der Waals surface area contributed by atoms with E-state index in [0.717, 1.165) is 29.9 Å². The number of hydrogen-bond acceptors (Lipinski definition) is 4. The highest BCUT2D eigenvalue weighted by Gasteiger charge is 2.08. The quantitative estimate of drug-likeness (QED) is 0.907. The fourth-order valence-corrected chi connectivity index (χ4v) is 2.80. The van der Waals surface area contributed by atoms with E-state index in [1.54, 1.807) is 11.3 Å². The summed E-state index contributed by atoms with van der Waals surface area (Å²) in [7, 11) is 2.07. The third-order valence-corrected chi connectivity index (χ3v) is 4.25. The van der Waals surface area contributed by atoms with E-state index >= 15 is 0 Å². The first kappa shape index (κ1) is 14.0. The summed E-state index contributed by atoms with van der Waals surface area (Å²) in [5.74, 6) is 0. The summed E-state index contributed by atoms with van der Waals surface area (Å²) in [6, 6.07) is 8.12. The number of aliphatic hydroxyl groups excluding tert-OH is 1. The summed E-state index contributed by atoms with van der Waals surface area (Å²) in [5, 5.41) is 9.78. The zero-order chi connectivity index (χ0) is 13.8. The molecule has 102 valence electrons. The maximum absolute atomic E-state index is 9.78. The molecule has 1 atom stereocenters. The summed E-state index contributed by atoms with van der Waals surface area (Å²) in [4.78, 5) is 7.76. The van der Waals surface area contributed by atoms with E-state index in [1.807, 2.05) is 31.5 Å². The minimum absolute atomic E-state index is 0.358. The van der Waals surface area contributed by atoms with Crippen LogP contribution in [0.3, 0.4) is 0 Å². The molecule has 2 aromatic rings. The Bertz CT molecular complexity index is 521. The second-order valence-corrected chi connectivity index (χ2v) is 5.67. The molecule has 1 heterocycles. The molecule has 1 aromatic carbocycles. The zero-order valence-electron chi connectivity index (χ0n) is 11.6. The molecule has 0 aliphatic heterocycles. The van der Waals surface area contributed by atoms with Gasteiger partial charge in [-0.3, -0.25) is 0 Å². The highest BCUT2D eigenvalue weighted by Crippen LogP contribution is 2.23. The van der Waals surface area contributed by atoms with Crippen molar-refractivity contribution in [3.05, 3.63) is 45.9 Å². The summed E-state index contributed by atoms with van der Waals surface area (Å²) >= 11 is 1.69. The Balaban J connectivity index is 2.07. The predicted molar refractivity (Wildman–Crippen MR) is 80.7 cm³/mol. The highest BCUT2D eigenvalue weighted by molar-refractivity contribution is 7.09. The van der Waals surface area contributed by atoms with Crippen molar-refractivity contribution in [3.8, 4) is 0 Å². The number of thiazole rings is 1. The molecule has 0 spiro atoms. The average Bonchev–Trinajstić information content (AvgIpc) is 2.83. The SMILES string of the molecule is CCC(O)c1ccc(N(C)Cc2scnc2C)cc1. The lowest BCUT2D eigenvalue weighted by Crippen LogP contribution is -2.16. The summed E-state index contributed by atoms with van der Waals surface area (Å²) < 4.78 is 0. The Morgan fingerprint density at radius 1 is 1.32 bits per heavy atom. The van der Waals surface area contributed by atoms with E-state index in [-0.39, 0.29) is 6.10 Å². The van der Waals surface area contributed by atoms with E-state index in [2.05, 4.69) is 29.1 Å². The number of aryl methyl sites for hydroxylation is 1. The molecular weight excluding hydrogens is 256 g/mol. The van der Waals surface area contributed by atoms with Gasteiger partial charge < -0.3 is 10.0 Å². The molecule has 0 aliphatic rings. The fraction of sp³-hybridized carbons (Fsp3) is 0.400. The standard InChI is InChI=1S/C15H20N2OS/c1-4-14(18)12-5-7-13(8-6-12)17(3)9-15-11(2)16-10-19-15/h5-8,10,14,18H,4,9H2,1-3H3. The van der Waals surface area contributed by atoms with Crippen LogP contribution in [-0.2, 0) is 6.54 Å². The van der Waals surface area contributed by atoms with Gasteiger partial charge in [0.05, 0.1) is 23.9 Å². The number of aliphatic hydroxyl groups is 1. The molecule has 0 radical (unpaired) electrons. The zero-order valence-corrected chi connectivity index (χ0v) is 12.4. The van der Waals surface area contributed by atoms with Crippen molar-refractivity contribution in [2.45, 2.75) is 32.9 Å². The molecule has 0 saturated carbocycles. The van der Waals surface area contributed by atoms with Gasteiger partial charge in [-0.15, -0.1) is 11.3 Å². The van der Waals surface area contributed by atoms with Crippen molar-refractivity contribution in [2.75, 3.05) is 11.9 Å². The van der Waals surface area contributed by atoms with E-state index in [0.29, 0.717) is 0 Å². The molecule has 19 heavy (non-hydrogen) atoms. The van der Waals surface area contributed by atoms with Gasteiger partial charge >= 0.3 is 0 Å². The molecule has 0 amide bonds. The molecule has 3 nitrogen and oxygen atoms in total. The normalized spacial score (nSPS) is 12.4. The predicted octanol–water partition coefficient (Wildman–Crippen LogP) is 3.53. The van der Waals surface area contributed by atoms with E-state index < -0.39 is 0 Å². The minimum Gasteiger partial charge on any atom is -0.388 e. The molecule has 0 fully saturated rings. The van der Waals surface area contributed by atoms with Crippen LogP contribution in [0.4, 0.5) is 5.69 Å². The van der Waals surface area contributed by atoms with Gasteiger partial charge in [0, 0.05) is 17.6 Å². The number of rotatable bonds is 5. The van der Waals surface area contributed by atoms with Crippen LogP contribution >= 0.6 is 11.3 Å².